The van der Waals surface area contributed by atoms with Crippen molar-refractivity contribution in [3.05, 3.63) is 196 Å². The maximum atomic E-state index is 11.2. The summed E-state index contributed by atoms with van der Waals surface area (Å²) in [5.74, 6) is -3.66. The monoisotopic (exact) mass is 1210 g/mol. The molecule has 0 saturated heterocycles. The van der Waals surface area contributed by atoms with Crippen molar-refractivity contribution in [1.29, 1.82) is 10.5 Å². The number of rotatable bonds is 17. The fraction of sp³-hybridized carbons (Fsp3) is 0.154. The van der Waals surface area contributed by atoms with Crippen LogP contribution >= 0.6 is 11.6 Å². The fourth-order valence-electron chi connectivity index (χ4n) is 6.61. The first-order chi connectivity index (χ1) is 41.1. The van der Waals surface area contributed by atoms with Gasteiger partial charge >= 0.3 is 28.7 Å². The SMILES string of the molecule is COc1cc(/C(O)=C(\C#N)c2cnccn2)cc([N+](=O)[O-])c1OC.COc1cc(C(=O)O)cc([N+](=O)[O-])c1OC.COc1cc(CCl)cc([N+](=O)[O-])c1OC.N#C/C(=C(/O)c1cc(O)c(O)c([N+](=O)[O-])c1)c1cnccn1.[C-]#[N+]Cc1cnccn1. The number of aromatic hydroxyl groups is 2. The number of carboxylic acid groups (broad SMARTS) is 1. The molecule has 34 heteroatoms. The largest absolute Gasteiger partial charge is 0.506 e. The summed E-state index contributed by atoms with van der Waals surface area (Å²) < 4.78 is 29.6. The van der Waals surface area contributed by atoms with Crippen molar-refractivity contribution in [2.75, 3.05) is 42.7 Å². The number of phenolic OH excluding ortho intramolecular Hbond substituents is 2. The van der Waals surface area contributed by atoms with Crippen molar-refractivity contribution in [3.8, 4) is 58.1 Å². The molecule has 0 amide bonds. The zero-order valence-corrected chi connectivity index (χ0v) is 46.0. The Morgan fingerprint density at radius 2 is 0.942 bits per heavy atom. The topological polar surface area (TPSA) is 475 Å². The number of nitriles is 2. The number of phenols is 2. The Hall–Kier alpha value is -12.6. The lowest BCUT2D eigenvalue weighted by Crippen LogP contribution is -2.02. The van der Waals surface area contributed by atoms with Crippen LogP contribution in [-0.2, 0) is 12.4 Å². The Morgan fingerprint density at radius 3 is 1.29 bits per heavy atom. The van der Waals surface area contributed by atoms with Gasteiger partial charge in [-0.3, -0.25) is 70.4 Å². The molecule has 33 nitrogen and oxygen atoms in total. The standard InChI is InChI=1S/C15H12N4O5.C13H8N4O5.C9H10ClNO4.C9H9NO6.C6H5N3/c1-23-13-6-9(5-12(19(21)22)15(13)24-2)14(20)10(7-16)11-8-17-3-4-18-11;14-5-8(9-6-15-1-2-16-9)12(19)7-3-10(17(21)22)13(20)11(18)4-7;1-14-8-4-6(5-10)3-7(11(12)13)9(8)15-2;1-15-7-4-5(9(11)12)3-6(10(13)14)8(7)16-2;1-7-4-6-5-8-2-3-9-6/h3-6,8,20H,1-2H3;1-4,6,18-20H;3-4H,5H2,1-2H3;3-4H,1-2H3,(H,11,12);2-3,5H,4H2/b14-10-;12-8-;;;. The number of alkyl halides is 1. The van der Waals surface area contributed by atoms with Gasteiger partial charge in [-0.25, -0.2) is 11.4 Å². The predicted molar refractivity (Wildman–Crippen MR) is 298 cm³/mol. The van der Waals surface area contributed by atoms with Crippen LogP contribution in [0.4, 0.5) is 22.7 Å². The number of nitro benzene ring substituents is 4. The van der Waals surface area contributed by atoms with Gasteiger partial charge < -0.3 is 58.8 Å². The summed E-state index contributed by atoms with van der Waals surface area (Å²) >= 11 is 5.61. The molecule has 86 heavy (non-hydrogen) atoms. The third kappa shape index (κ3) is 18.0. The summed E-state index contributed by atoms with van der Waals surface area (Å²) in [6.07, 6.45) is 12.7. The molecule has 444 valence electrons. The average molecular weight is 1210 g/mol. The maximum Gasteiger partial charge on any atom is 0.336 e. The summed E-state index contributed by atoms with van der Waals surface area (Å²) in [6, 6.07) is 12.7. The number of carboxylic acids is 1. The Bertz CT molecular complexity index is 3790. The molecule has 7 aromatic rings. The van der Waals surface area contributed by atoms with E-state index in [-0.39, 0.29) is 79.5 Å². The number of hydrogen-bond acceptors (Lipinski definition) is 27. The number of nitrogens with zero attached hydrogens (tertiary/aromatic N) is 13. The van der Waals surface area contributed by atoms with Crippen LogP contribution in [0.25, 0.3) is 27.5 Å². The Morgan fingerprint density at radius 1 is 0.558 bits per heavy atom. The minimum absolute atomic E-state index is 0.00843. The van der Waals surface area contributed by atoms with Crippen molar-refractivity contribution in [1.82, 2.24) is 29.9 Å². The van der Waals surface area contributed by atoms with E-state index in [0.717, 1.165) is 36.0 Å². The molecule has 3 heterocycles. The number of halogens is 1. The van der Waals surface area contributed by atoms with Crippen molar-refractivity contribution < 1.29 is 78.4 Å². The van der Waals surface area contributed by atoms with Crippen LogP contribution in [0.3, 0.4) is 0 Å². The second-order valence-electron chi connectivity index (χ2n) is 15.5. The number of methoxy groups -OCH3 is 6. The summed E-state index contributed by atoms with van der Waals surface area (Å²) in [4.78, 5) is 77.5. The highest BCUT2D eigenvalue weighted by molar-refractivity contribution is 6.17. The van der Waals surface area contributed by atoms with Crippen LogP contribution in [0.15, 0.2) is 104 Å². The lowest BCUT2D eigenvalue weighted by molar-refractivity contribution is -0.386. The summed E-state index contributed by atoms with van der Waals surface area (Å²) in [7, 11) is 7.85. The second kappa shape index (κ2) is 33.2. The van der Waals surface area contributed by atoms with E-state index in [1.54, 1.807) is 30.7 Å². The minimum Gasteiger partial charge on any atom is -0.506 e. The molecule has 0 radical (unpaired) electrons. The molecule has 0 atom stereocenters. The quantitative estimate of drug-likeness (QED) is 0.0108. The van der Waals surface area contributed by atoms with E-state index in [4.69, 9.17) is 57.0 Å². The smallest absolute Gasteiger partial charge is 0.336 e. The molecule has 7 rings (SSSR count). The van der Waals surface area contributed by atoms with Gasteiger partial charge in [-0.1, -0.05) is 0 Å². The molecule has 0 bridgehead atoms. The highest BCUT2D eigenvalue weighted by Crippen LogP contribution is 2.42. The van der Waals surface area contributed by atoms with E-state index in [2.05, 4.69) is 34.7 Å². The molecule has 0 saturated carbocycles. The number of aliphatic hydroxyl groups excluding tert-OH is 2. The van der Waals surface area contributed by atoms with Crippen LogP contribution in [0.1, 0.15) is 44.1 Å². The highest BCUT2D eigenvalue weighted by Gasteiger charge is 2.27. The van der Waals surface area contributed by atoms with Crippen LogP contribution in [0, 0.1) is 69.7 Å². The molecule has 4 aromatic carbocycles. The summed E-state index contributed by atoms with van der Waals surface area (Å²) in [6.45, 7) is 6.82. The molecule has 0 aliphatic carbocycles. The van der Waals surface area contributed by atoms with Gasteiger partial charge in [0.15, 0.2) is 23.0 Å². The average Bonchev–Trinajstić information content (AvgIpc) is 1.73. The zero-order chi connectivity index (χ0) is 64.2. The molecule has 0 spiro atoms. The number of nitro groups is 4. The van der Waals surface area contributed by atoms with Gasteiger partial charge in [-0.05, 0) is 29.8 Å². The van der Waals surface area contributed by atoms with Crippen LogP contribution in [0.2, 0.25) is 0 Å². The maximum absolute atomic E-state index is 11.2. The van der Waals surface area contributed by atoms with Crippen molar-refractivity contribution in [2.24, 2.45) is 0 Å². The fourth-order valence-corrected chi connectivity index (χ4v) is 6.77. The summed E-state index contributed by atoms with van der Waals surface area (Å²) in [5, 5.41) is 110. The van der Waals surface area contributed by atoms with Crippen molar-refractivity contribution >= 4 is 63.0 Å². The first-order valence-corrected chi connectivity index (χ1v) is 23.6. The van der Waals surface area contributed by atoms with Crippen LogP contribution < -0.4 is 28.4 Å². The number of allylic oxidation sites excluding steroid dienone is 2. The molecular formula is C52H44ClN13O20. The number of carbonyl (C=O) groups is 1. The molecule has 0 fully saturated rings. The van der Waals surface area contributed by atoms with E-state index in [1.807, 2.05) is 6.07 Å². The van der Waals surface area contributed by atoms with Gasteiger partial charge in [0, 0.05) is 78.5 Å². The Labute approximate surface area is 489 Å². The van der Waals surface area contributed by atoms with E-state index in [1.165, 1.54) is 92.0 Å². The van der Waals surface area contributed by atoms with Gasteiger partial charge in [-0.2, -0.15) is 10.5 Å². The van der Waals surface area contributed by atoms with Gasteiger partial charge in [0.1, 0.15) is 51.9 Å². The van der Waals surface area contributed by atoms with Gasteiger partial charge in [0.25, 0.3) is 6.54 Å². The number of ether oxygens (including phenoxy) is 6. The van der Waals surface area contributed by atoms with Crippen molar-refractivity contribution in [2.45, 2.75) is 12.4 Å². The minimum atomic E-state index is -1.27. The first-order valence-electron chi connectivity index (χ1n) is 23.0. The number of aliphatic hydroxyl groups is 2. The Kier molecular flexibility index (Phi) is 26.2. The first kappa shape index (κ1) is 67.7. The van der Waals surface area contributed by atoms with E-state index < -0.39 is 65.7 Å². The molecular weight excluding hydrogens is 1160 g/mol. The molecule has 3 aromatic heterocycles. The molecule has 5 N–H and O–H groups in total. The Balaban J connectivity index is 0.000000290. The highest BCUT2D eigenvalue weighted by atomic mass is 35.5. The van der Waals surface area contributed by atoms with E-state index in [0.29, 0.717) is 17.9 Å². The van der Waals surface area contributed by atoms with Crippen LogP contribution in [-0.4, -0.2) is 124 Å². The van der Waals surface area contributed by atoms with Gasteiger partial charge in [0.05, 0.1) is 86.5 Å². The van der Waals surface area contributed by atoms with Crippen molar-refractivity contribution in [3.63, 3.8) is 0 Å². The number of benzene rings is 4. The molecule has 0 aliphatic heterocycles. The number of aromatic carboxylic acids is 1. The van der Waals surface area contributed by atoms with Crippen LogP contribution in [0.5, 0.6) is 46.0 Å². The number of hydrogen-bond donors (Lipinski definition) is 5. The third-order valence-corrected chi connectivity index (χ3v) is 10.7. The molecule has 0 aliphatic rings. The second-order valence-corrected chi connectivity index (χ2v) is 15.8. The third-order valence-electron chi connectivity index (χ3n) is 10.4. The predicted octanol–water partition coefficient (Wildman–Crippen LogP) is 8.65. The van der Waals surface area contributed by atoms with Gasteiger partial charge in [0.2, 0.25) is 23.0 Å². The summed E-state index contributed by atoms with van der Waals surface area (Å²) in [5.41, 5.74) is -1.17. The lowest BCUT2D eigenvalue weighted by Gasteiger charge is -2.11. The zero-order valence-electron chi connectivity index (χ0n) is 45.3. The number of aromatic nitrogens is 6. The molecule has 0 unspecified atom stereocenters. The van der Waals surface area contributed by atoms with E-state index in [9.17, 15) is 70.9 Å². The normalized spacial score (nSPS) is 10.4. The lowest BCUT2D eigenvalue weighted by atomic mass is 10.1. The van der Waals surface area contributed by atoms with Gasteiger partial charge in [-0.15, -0.1) is 11.6 Å². The van der Waals surface area contributed by atoms with E-state index >= 15 is 0 Å².